The van der Waals surface area contributed by atoms with Crippen LogP contribution in [0.15, 0.2) is 0 Å². The van der Waals surface area contributed by atoms with E-state index in [0.717, 1.165) is 38.4 Å². The molecular formula is C17H30O3. The predicted molar refractivity (Wildman–Crippen MR) is 81.6 cm³/mol. The molecule has 0 rings (SSSR count). The molecule has 0 aromatic rings. The highest BCUT2D eigenvalue weighted by molar-refractivity contribution is 5.81. The summed E-state index contributed by atoms with van der Waals surface area (Å²) in [4.78, 5) is 33.4. The number of aldehydes is 1. The van der Waals surface area contributed by atoms with Crippen molar-refractivity contribution in [2.75, 3.05) is 0 Å². The molecule has 0 aromatic carbocycles. The molecule has 0 radical (unpaired) electrons. The van der Waals surface area contributed by atoms with Gasteiger partial charge in [0.05, 0.1) is 0 Å². The van der Waals surface area contributed by atoms with Gasteiger partial charge < -0.3 is 4.79 Å². The third-order valence-electron chi connectivity index (χ3n) is 4.51. The molecule has 116 valence electrons. The molecule has 1 unspecified atom stereocenters. The van der Waals surface area contributed by atoms with E-state index in [4.69, 9.17) is 0 Å². The Labute approximate surface area is 123 Å². The second-order valence-corrected chi connectivity index (χ2v) is 6.38. The number of unbranched alkanes of at least 4 members (excludes halogenated alkanes) is 3. The molecule has 0 aliphatic rings. The van der Waals surface area contributed by atoms with E-state index in [0.29, 0.717) is 31.0 Å². The van der Waals surface area contributed by atoms with Gasteiger partial charge in [-0.3, -0.25) is 9.59 Å². The summed E-state index contributed by atoms with van der Waals surface area (Å²) in [7, 11) is 0. The fourth-order valence-corrected chi connectivity index (χ4v) is 2.16. The number of rotatable bonds is 12. The lowest BCUT2D eigenvalue weighted by atomic mass is 9.74. The summed E-state index contributed by atoms with van der Waals surface area (Å²) >= 11 is 0. The Kier molecular flexibility index (Phi) is 9.35. The fourth-order valence-electron chi connectivity index (χ4n) is 2.16. The summed E-state index contributed by atoms with van der Waals surface area (Å²) in [6, 6.07) is 0. The van der Waals surface area contributed by atoms with Crippen LogP contribution in [-0.4, -0.2) is 17.9 Å². The number of ketones is 2. The van der Waals surface area contributed by atoms with Crippen LogP contribution in [0, 0.1) is 11.3 Å². The maximum absolute atomic E-state index is 11.7. The summed E-state index contributed by atoms with van der Waals surface area (Å²) in [5.74, 6) is 0.829. The molecule has 0 heterocycles. The minimum absolute atomic E-state index is 0.214. The topological polar surface area (TPSA) is 51.2 Å². The Hall–Kier alpha value is -0.990. The van der Waals surface area contributed by atoms with Gasteiger partial charge in [-0.1, -0.05) is 27.2 Å². The molecular weight excluding hydrogens is 252 g/mol. The number of carbonyl (C=O) groups excluding carboxylic acids is 3. The lowest BCUT2D eigenvalue weighted by Crippen LogP contribution is -2.29. The number of hydrogen-bond donors (Lipinski definition) is 0. The Balaban J connectivity index is 3.76. The molecule has 0 saturated heterocycles. The molecule has 0 bridgehead atoms. The average Bonchev–Trinajstić information content (AvgIpc) is 2.38. The largest absolute Gasteiger partial charge is 0.303 e. The van der Waals surface area contributed by atoms with E-state index in [1.807, 2.05) is 13.8 Å². The maximum Gasteiger partial charge on any atom is 0.135 e. The summed E-state index contributed by atoms with van der Waals surface area (Å²) in [5.41, 5.74) is -0.294. The van der Waals surface area contributed by atoms with Crippen molar-refractivity contribution in [1.29, 1.82) is 0 Å². The molecule has 0 aliphatic heterocycles. The van der Waals surface area contributed by atoms with Gasteiger partial charge in [0.25, 0.3) is 0 Å². The Morgan fingerprint density at radius 1 is 1.05 bits per heavy atom. The van der Waals surface area contributed by atoms with Gasteiger partial charge >= 0.3 is 0 Å². The predicted octanol–water partition coefficient (Wildman–Crippen LogP) is 4.13. The van der Waals surface area contributed by atoms with Crippen LogP contribution in [0.2, 0.25) is 0 Å². The van der Waals surface area contributed by atoms with Crippen LogP contribution in [0.25, 0.3) is 0 Å². The van der Waals surface area contributed by atoms with Crippen LogP contribution >= 0.6 is 0 Å². The SMILES string of the molecule is CC(=O)C(C)(C)C(C)CCCC(=O)CCCCCC=O. The molecule has 0 saturated carbocycles. The number of carbonyl (C=O) groups is 3. The molecule has 1 atom stereocenters. The quantitative estimate of drug-likeness (QED) is 0.399. The normalized spacial score (nSPS) is 13.0. The van der Waals surface area contributed by atoms with Crippen LogP contribution in [0.4, 0.5) is 0 Å². The molecule has 0 N–H and O–H groups in total. The van der Waals surface area contributed by atoms with Crippen LogP contribution < -0.4 is 0 Å². The van der Waals surface area contributed by atoms with Gasteiger partial charge in [0, 0.05) is 24.7 Å². The minimum atomic E-state index is -0.294. The molecule has 0 aromatic heterocycles. The summed E-state index contributed by atoms with van der Waals surface area (Å²) in [6.45, 7) is 7.69. The Bertz CT molecular complexity index is 318. The van der Waals surface area contributed by atoms with Crippen LogP contribution in [0.1, 0.15) is 79.1 Å². The van der Waals surface area contributed by atoms with Crippen molar-refractivity contribution in [1.82, 2.24) is 0 Å². The zero-order chi connectivity index (χ0) is 15.6. The minimum Gasteiger partial charge on any atom is -0.303 e. The third kappa shape index (κ3) is 7.56. The molecule has 0 aliphatic carbocycles. The van der Waals surface area contributed by atoms with Gasteiger partial charge in [-0.25, -0.2) is 0 Å². The molecule has 3 heteroatoms. The van der Waals surface area contributed by atoms with Crippen LogP contribution in [-0.2, 0) is 14.4 Å². The van der Waals surface area contributed by atoms with E-state index in [-0.39, 0.29) is 11.2 Å². The van der Waals surface area contributed by atoms with Crippen molar-refractivity contribution in [2.45, 2.75) is 79.1 Å². The third-order valence-corrected chi connectivity index (χ3v) is 4.51. The highest BCUT2D eigenvalue weighted by Gasteiger charge is 2.30. The zero-order valence-corrected chi connectivity index (χ0v) is 13.5. The first kappa shape index (κ1) is 19.0. The van der Waals surface area contributed by atoms with Crippen molar-refractivity contribution < 1.29 is 14.4 Å². The monoisotopic (exact) mass is 282 g/mol. The van der Waals surface area contributed by atoms with Gasteiger partial charge in [0.1, 0.15) is 17.9 Å². The molecule has 20 heavy (non-hydrogen) atoms. The molecule has 0 spiro atoms. The standard InChI is InChI=1S/C17H30O3/c1-14(17(3,4)15(2)19)10-9-12-16(20)11-7-5-6-8-13-18/h13-14H,5-12H2,1-4H3. The van der Waals surface area contributed by atoms with Crippen LogP contribution in [0.3, 0.4) is 0 Å². The van der Waals surface area contributed by atoms with Gasteiger partial charge in [-0.05, 0) is 38.5 Å². The highest BCUT2D eigenvalue weighted by Crippen LogP contribution is 2.31. The van der Waals surface area contributed by atoms with Gasteiger partial charge in [0.15, 0.2) is 0 Å². The summed E-state index contributed by atoms with van der Waals surface area (Å²) in [5, 5.41) is 0. The van der Waals surface area contributed by atoms with Gasteiger partial charge in [0.2, 0.25) is 0 Å². The average molecular weight is 282 g/mol. The first-order valence-corrected chi connectivity index (χ1v) is 7.78. The number of Topliss-reactive ketones (excluding diaryl/α,β-unsaturated/α-hetero) is 2. The number of hydrogen-bond acceptors (Lipinski definition) is 3. The van der Waals surface area contributed by atoms with Gasteiger partial charge in [-0.2, -0.15) is 0 Å². The Morgan fingerprint density at radius 3 is 2.20 bits per heavy atom. The first-order valence-electron chi connectivity index (χ1n) is 7.78. The molecule has 0 amide bonds. The van der Waals surface area contributed by atoms with E-state index in [2.05, 4.69) is 6.92 Å². The van der Waals surface area contributed by atoms with Crippen molar-refractivity contribution in [2.24, 2.45) is 11.3 Å². The van der Waals surface area contributed by atoms with E-state index in [1.165, 1.54) is 0 Å². The van der Waals surface area contributed by atoms with E-state index >= 15 is 0 Å². The molecule has 0 fully saturated rings. The van der Waals surface area contributed by atoms with E-state index in [9.17, 15) is 14.4 Å². The van der Waals surface area contributed by atoms with Crippen molar-refractivity contribution >= 4 is 17.9 Å². The summed E-state index contributed by atoms with van der Waals surface area (Å²) in [6.07, 6.45) is 7.30. The lowest BCUT2D eigenvalue weighted by molar-refractivity contribution is -0.127. The van der Waals surface area contributed by atoms with E-state index < -0.39 is 0 Å². The van der Waals surface area contributed by atoms with Crippen molar-refractivity contribution in [3.05, 3.63) is 0 Å². The summed E-state index contributed by atoms with van der Waals surface area (Å²) < 4.78 is 0. The maximum atomic E-state index is 11.7. The second-order valence-electron chi connectivity index (χ2n) is 6.38. The van der Waals surface area contributed by atoms with Gasteiger partial charge in [-0.15, -0.1) is 0 Å². The highest BCUT2D eigenvalue weighted by atomic mass is 16.1. The molecule has 3 nitrogen and oxygen atoms in total. The fraction of sp³-hybridized carbons (Fsp3) is 0.824. The second kappa shape index (κ2) is 9.84. The first-order chi connectivity index (χ1) is 9.32. The van der Waals surface area contributed by atoms with E-state index in [1.54, 1.807) is 6.92 Å². The zero-order valence-electron chi connectivity index (χ0n) is 13.5. The smallest absolute Gasteiger partial charge is 0.135 e. The van der Waals surface area contributed by atoms with Crippen molar-refractivity contribution in [3.8, 4) is 0 Å². The van der Waals surface area contributed by atoms with Crippen molar-refractivity contribution in [3.63, 3.8) is 0 Å². The lowest BCUT2D eigenvalue weighted by Gasteiger charge is -2.29. The Morgan fingerprint density at radius 2 is 1.65 bits per heavy atom. The van der Waals surface area contributed by atoms with Crippen LogP contribution in [0.5, 0.6) is 0 Å².